The van der Waals surface area contributed by atoms with Crippen LogP contribution < -0.4 is 20.7 Å². The smallest absolute Gasteiger partial charge is 0.274 e. The standard InChI is InChI=1S/C26H27FN6O3/c1-32-11-9-17-21(32)7-6-19(24(17)33-13-15(28)12-16(33)14-34)31-26(35)20-8-10-29-25(30-20)23-18(27)4-3-5-22(23)36-2/h3-11,15-16,34H,12-14,28H2,1-2H3,(H,31,35)/t15-,16-/m0/s1. The van der Waals surface area contributed by atoms with Gasteiger partial charge in [0.25, 0.3) is 5.91 Å². The van der Waals surface area contributed by atoms with Crippen LogP contribution in [0.3, 0.4) is 0 Å². The van der Waals surface area contributed by atoms with Crippen LogP contribution in [0.1, 0.15) is 16.9 Å². The second-order valence-corrected chi connectivity index (χ2v) is 8.84. The van der Waals surface area contributed by atoms with Crippen molar-refractivity contribution in [2.45, 2.75) is 18.5 Å². The minimum Gasteiger partial charge on any atom is -0.496 e. The van der Waals surface area contributed by atoms with Crippen molar-refractivity contribution < 1.29 is 19.0 Å². The number of aliphatic hydroxyl groups excluding tert-OH is 1. The molecule has 4 N–H and O–H groups in total. The first-order valence-electron chi connectivity index (χ1n) is 11.6. The molecule has 0 saturated carbocycles. The van der Waals surface area contributed by atoms with Crippen molar-refractivity contribution >= 4 is 28.2 Å². The Bertz CT molecular complexity index is 1440. The minimum atomic E-state index is -0.552. The molecule has 1 fully saturated rings. The van der Waals surface area contributed by atoms with Gasteiger partial charge in [-0.05, 0) is 42.8 Å². The lowest BCUT2D eigenvalue weighted by Crippen LogP contribution is -2.34. The zero-order valence-electron chi connectivity index (χ0n) is 20.0. The molecule has 1 aliphatic heterocycles. The molecule has 36 heavy (non-hydrogen) atoms. The lowest BCUT2D eigenvalue weighted by molar-refractivity contribution is 0.102. The predicted molar refractivity (Wildman–Crippen MR) is 136 cm³/mol. The molecule has 5 rings (SSSR count). The van der Waals surface area contributed by atoms with Crippen LogP contribution in [0, 0.1) is 5.82 Å². The van der Waals surface area contributed by atoms with Gasteiger partial charge in [-0.25, -0.2) is 14.4 Å². The second-order valence-electron chi connectivity index (χ2n) is 8.84. The Hall–Kier alpha value is -4.02. The summed E-state index contributed by atoms with van der Waals surface area (Å²) in [7, 11) is 3.38. The molecule has 9 nitrogen and oxygen atoms in total. The van der Waals surface area contributed by atoms with Gasteiger partial charge < -0.3 is 30.4 Å². The van der Waals surface area contributed by atoms with Crippen LogP contribution in [0.5, 0.6) is 5.75 Å². The Kier molecular flexibility index (Phi) is 6.29. The number of aromatic nitrogens is 3. The molecule has 3 heterocycles. The normalized spacial score (nSPS) is 17.5. The highest BCUT2D eigenvalue weighted by Gasteiger charge is 2.32. The van der Waals surface area contributed by atoms with Gasteiger partial charge in [0, 0.05) is 42.9 Å². The van der Waals surface area contributed by atoms with E-state index in [1.807, 2.05) is 36.0 Å². The third-order valence-electron chi connectivity index (χ3n) is 6.54. The highest BCUT2D eigenvalue weighted by molar-refractivity contribution is 6.09. The van der Waals surface area contributed by atoms with Gasteiger partial charge >= 0.3 is 0 Å². The molecule has 0 aliphatic carbocycles. The Labute approximate surface area is 207 Å². The minimum absolute atomic E-state index is 0.0437. The molecule has 2 aromatic carbocycles. The Morgan fingerprint density at radius 1 is 1.28 bits per heavy atom. The predicted octanol–water partition coefficient (Wildman–Crippen LogP) is 2.93. The van der Waals surface area contributed by atoms with E-state index < -0.39 is 11.7 Å². The van der Waals surface area contributed by atoms with Gasteiger partial charge in [0.05, 0.1) is 36.7 Å². The zero-order chi connectivity index (χ0) is 25.4. The first kappa shape index (κ1) is 23.7. The van der Waals surface area contributed by atoms with Gasteiger partial charge in [-0.3, -0.25) is 4.79 Å². The largest absolute Gasteiger partial charge is 0.496 e. The van der Waals surface area contributed by atoms with Crippen molar-refractivity contribution in [3.63, 3.8) is 0 Å². The summed E-state index contributed by atoms with van der Waals surface area (Å²) in [5.41, 5.74) is 8.71. The Balaban J connectivity index is 1.54. The van der Waals surface area contributed by atoms with Crippen LogP contribution >= 0.6 is 0 Å². The molecule has 1 amide bonds. The van der Waals surface area contributed by atoms with Gasteiger partial charge in [-0.15, -0.1) is 0 Å². The maximum atomic E-state index is 14.6. The lowest BCUT2D eigenvalue weighted by Gasteiger charge is -2.28. The third-order valence-corrected chi connectivity index (χ3v) is 6.54. The number of nitrogens with zero attached hydrogens (tertiary/aromatic N) is 4. The number of rotatable bonds is 6. The summed E-state index contributed by atoms with van der Waals surface area (Å²) in [4.78, 5) is 23.9. The number of benzene rings is 2. The van der Waals surface area contributed by atoms with Gasteiger partial charge in [0.1, 0.15) is 17.3 Å². The molecule has 2 aromatic heterocycles. The van der Waals surface area contributed by atoms with Crippen molar-refractivity contribution in [2.75, 3.05) is 30.5 Å². The van der Waals surface area contributed by atoms with Gasteiger partial charge in [-0.2, -0.15) is 0 Å². The van der Waals surface area contributed by atoms with E-state index in [1.165, 1.54) is 31.5 Å². The summed E-state index contributed by atoms with van der Waals surface area (Å²) in [5.74, 6) is -0.717. The van der Waals surface area contributed by atoms with E-state index in [0.717, 1.165) is 16.6 Å². The molecule has 0 radical (unpaired) electrons. The first-order valence-corrected chi connectivity index (χ1v) is 11.6. The number of halogens is 1. The number of anilines is 2. The number of fused-ring (bicyclic) bond motifs is 1. The van der Waals surface area contributed by atoms with E-state index in [2.05, 4.69) is 20.2 Å². The maximum Gasteiger partial charge on any atom is 0.274 e. The van der Waals surface area contributed by atoms with E-state index in [9.17, 15) is 14.3 Å². The first-order chi connectivity index (χ1) is 17.4. The fourth-order valence-corrected chi connectivity index (χ4v) is 4.83. The fourth-order valence-electron chi connectivity index (χ4n) is 4.83. The van der Waals surface area contributed by atoms with Crippen molar-refractivity contribution in [1.29, 1.82) is 0 Å². The lowest BCUT2D eigenvalue weighted by atomic mass is 10.1. The molecule has 2 atom stereocenters. The van der Waals surface area contributed by atoms with Gasteiger partial charge in [0.15, 0.2) is 5.82 Å². The van der Waals surface area contributed by atoms with Crippen molar-refractivity contribution in [3.8, 4) is 17.1 Å². The van der Waals surface area contributed by atoms with Crippen LogP contribution in [0.2, 0.25) is 0 Å². The number of carbonyl (C=O) groups excluding carboxylic acids is 1. The molecule has 4 aromatic rings. The third kappa shape index (κ3) is 4.14. The monoisotopic (exact) mass is 490 g/mol. The molecule has 0 unspecified atom stereocenters. The number of hydrogen-bond acceptors (Lipinski definition) is 7. The van der Waals surface area contributed by atoms with Crippen molar-refractivity contribution in [1.82, 2.24) is 14.5 Å². The maximum absolute atomic E-state index is 14.6. The van der Waals surface area contributed by atoms with E-state index in [1.54, 1.807) is 6.07 Å². The number of nitrogens with two attached hydrogens (primary N) is 1. The molecule has 186 valence electrons. The molecule has 1 saturated heterocycles. The van der Waals surface area contributed by atoms with E-state index >= 15 is 0 Å². The second kappa shape index (κ2) is 9.56. The summed E-state index contributed by atoms with van der Waals surface area (Å²) in [5, 5.41) is 13.9. The molecule has 0 spiro atoms. The van der Waals surface area contributed by atoms with Crippen molar-refractivity contribution in [3.05, 3.63) is 66.4 Å². The number of ether oxygens (including phenoxy) is 1. The molecular weight excluding hydrogens is 463 g/mol. The topological polar surface area (TPSA) is 119 Å². The van der Waals surface area contributed by atoms with Crippen molar-refractivity contribution in [2.24, 2.45) is 12.8 Å². The Morgan fingerprint density at radius 3 is 2.89 bits per heavy atom. The highest BCUT2D eigenvalue weighted by atomic mass is 19.1. The quantitative estimate of drug-likeness (QED) is 0.380. The van der Waals surface area contributed by atoms with Crippen LogP contribution in [0.4, 0.5) is 15.8 Å². The van der Waals surface area contributed by atoms with E-state index in [-0.39, 0.29) is 41.5 Å². The van der Waals surface area contributed by atoms with Gasteiger partial charge in [-0.1, -0.05) is 6.07 Å². The fraction of sp³-hybridized carbons (Fsp3) is 0.269. The van der Waals surface area contributed by atoms with Crippen LogP contribution in [-0.2, 0) is 7.05 Å². The van der Waals surface area contributed by atoms with Crippen LogP contribution in [-0.4, -0.2) is 57.9 Å². The SMILES string of the molecule is COc1cccc(F)c1-c1nccc(C(=O)Nc2ccc3c(ccn3C)c2N2C[C@@H](N)C[C@H]2CO)n1. The van der Waals surface area contributed by atoms with Crippen LogP contribution in [0.15, 0.2) is 54.9 Å². The average molecular weight is 491 g/mol. The summed E-state index contributed by atoms with van der Waals surface area (Å²) < 4.78 is 21.8. The molecule has 1 aliphatic rings. The summed E-state index contributed by atoms with van der Waals surface area (Å²) in [6, 6.07) is 11.4. The number of hydrogen-bond donors (Lipinski definition) is 3. The highest BCUT2D eigenvalue weighted by Crippen LogP contribution is 2.39. The number of amides is 1. The average Bonchev–Trinajstić information content (AvgIpc) is 3.45. The van der Waals surface area contributed by atoms with E-state index in [0.29, 0.717) is 18.7 Å². The van der Waals surface area contributed by atoms with E-state index in [4.69, 9.17) is 10.5 Å². The summed E-state index contributed by atoms with van der Waals surface area (Å²) in [6.45, 7) is 0.497. The number of carbonyl (C=O) groups is 1. The van der Waals surface area contributed by atoms with Crippen LogP contribution in [0.25, 0.3) is 22.3 Å². The Morgan fingerprint density at radius 2 is 2.11 bits per heavy atom. The number of aryl methyl sites for hydroxylation is 1. The summed E-state index contributed by atoms with van der Waals surface area (Å²) in [6.07, 6.45) is 4.00. The summed E-state index contributed by atoms with van der Waals surface area (Å²) >= 11 is 0. The zero-order valence-corrected chi connectivity index (χ0v) is 20.0. The number of methoxy groups -OCH3 is 1. The number of aliphatic hydroxyl groups is 1. The molecule has 0 bridgehead atoms. The number of nitrogens with one attached hydrogen (secondary N) is 1. The molecule has 10 heteroatoms. The van der Waals surface area contributed by atoms with Gasteiger partial charge in [0.2, 0.25) is 0 Å². The molecular formula is C26H27FN6O3.